The zero-order valence-electron chi connectivity index (χ0n) is 7.70. The van der Waals surface area contributed by atoms with Gasteiger partial charge in [-0.2, -0.15) is 0 Å². The van der Waals surface area contributed by atoms with Gasteiger partial charge < -0.3 is 10.2 Å². The van der Waals surface area contributed by atoms with Crippen LogP contribution in [0.5, 0.6) is 0 Å². The van der Waals surface area contributed by atoms with E-state index in [1.54, 1.807) is 0 Å². The highest BCUT2D eigenvalue weighted by Gasteiger charge is 2.40. The maximum atomic E-state index is 9.94. The first-order valence-corrected chi connectivity index (χ1v) is 4.54. The van der Waals surface area contributed by atoms with E-state index in [1.807, 2.05) is 31.2 Å². The molecule has 0 saturated carbocycles. The highest BCUT2D eigenvalue weighted by atomic mass is 16.3. The molecule has 0 radical (unpaired) electrons. The Hall–Kier alpha value is -0.860. The van der Waals surface area contributed by atoms with E-state index in [9.17, 15) is 10.2 Å². The molecule has 0 aliphatic heterocycles. The Bertz CT molecular complexity index is 322. The fourth-order valence-electron chi connectivity index (χ4n) is 2.01. The van der Waals surface area contributed by atoms with Crippen LogP contribution in [0, 0.1) is 5.41 Å². The summed E-state index contributed by atoms with van der Waals surface area (Å²) in [5.74, 6) is 0. The van der Waals surface area contributed by atoms with Gasteiger partial charge in [0.1, 0.15) is 0 Å². The molecule has 1 aliphatic carbocycles. The van der Waals surface area contributed by atoms with Crippen LogP contribution in [0.2, 0.25) is 0 Å². The maximum absolute atomic E-state index is 9.94. The summed E-state index contributed by atoms with van der Waals surface area (Å²) in [7, 11) is 0. The normalized spacial score (nSPS) is 31.8. The van der Waals surface area contributed by atoms with Crippen LogP contribution < -0.4 is 0 Å². The van der Waals surface area contributed by atoms with Gasteiger partial charge in [0.2, 0.25) is 0 Å². The summed E-state index contributed by atoms with van der Waals surface area (Å²) < 4.78 is 0. The lowest BCUT2D eigenvalue weighted by molar-refractivity contribution is 0.00783. The molecule has 2 atom stereocenters. The van der Waals surface area contributed by atoms with Gasteiger partial charge in [-0.25, -0.2) is 0 Å². The molecule has 0 heterocycles. The molecule has 2 rings (SSSR count). The Morgan fingerprint density at radius 2 is 2.15 bits per heavy atom. The zero-order valence-corrected chi connectivity index (χ0v) is 7.70. The number of benzene rings is 1. The monoisotopic (exact) mass is 178 g/mol. The van der Waals surface area contributed by atoms with Gasteiger partial charge >= 0.3 is 0 Å². The number of hydrogen-bond donors (Lipinski definition) is 2. The van der Waals surface area contributed by atoms with Crippen molar-refractivity contribution in [1.29, 1.82) is 0 Å². The van der Waals surface area contributed by atoms with Crippen LogP contribution in [0.4, 0.5) is 0 Å². The Morgan fingerprint density at radius 3 is 2.77 bits per heavy atom. The predicted octanol–water partition coefficient (Wildman–Crippen LogP) is 1.27. The second-order valence-corrected chi connectivity index (χ2v) is 4.09. The van der Waals surface area contributed by atoms with Crippen molar-refractivity contribution in [2.24, 2.45) is 5.41 Å². The molecule has 1 aromatic carbocycles. The molecule has 0 fully saturated rings. The van der Waals surface area contributed by atoms with Gasteiger partial charge in [0, 0.05) is 5.41 Å². The van der Waals surface area contributed by atoms with Crippen LogP contribution >= 0.6 is 0 Å². The summed E-state index contributed by atoms with van der Waals surface area (Å²) >= 11 is 0. The molecule has 0 bridgehead atoms. The van der Waals surface area contributed by atoms with Gasteiger partial charge in [-0.3, -0.25) is 0 Å². The van der Waals surface area contributed by atoms with Crippen LogP contribution in [0.3, 0.4) is 0 Å². The third-order valence-electron chi connectivity index (χ3n) is 2.97. The minimum absolute atomic E-state index is 0.0306. The van der Waals surface area contributed by atoms with E-state index in [0.717, 1.165) is 17.5 Å². The lowest BCUT2D eigenvalue weighted by atomic mass is 9.86. The summed E-state index contributed by atoms with van der Waals surface area (Å²) in [6, 6.07) is 7.83. The Balaban J connectivity index is 2.43. The first-order valence-electron chi connectivity index (χ1n) is 4.54. The molecular weight excluding hydrogens is 164 g/mol. The quantitative estimate of drug-likeness (QED) is 0.680. The molecule has 1 aromatic rings. The predicted molar refractivity (Wildman–Crippen MR) is 50.3 cm³/mol. The second-order valence-electron chi connectivity index (χ2n) is 4.09. The standard InChI is InChI=1S/C11H14O2/c1-11(7-12)6-8-4-2-3-5-9(8)10(11)13/h2-5,10,12-13H,6-7H2,1H3/t10-,11-/m0/s1. The van der Waals surface area contributed by atoms with Gasteiger partial charge in [0.25, 0.3) is 0 Å². The fourth-order valence-corrected chi connectivity index (χ4v) is 2.01. The fraction of sp³-hybridized carbons (Fsp3) is 0.455. The van der Waals surface area contributed by atoms with Gasteiger partial charge in [0.15, 0.2) is 0 Å². The average molecular weight is 178 g/mol. The largest absolute Gasteiger partial charge is 0.396 e. The number of rotatable bonds is 1. The number of hydrogen-bond acceptors (Lipinski definition) is 2. The molecule has 0 unspecified atom stereocenters. The smallest absolute Gasteiger partial charge is 0.0871 e. The van der Waals surface area contributed by atoms with E-state index in [1.165, 1.54) is 0 Å². The molecular formula is C11H14O2. The molecule has 13 heavy (non-hydrogen) atoms. The Morgan fingerprint density at radius 1 is 1.46 bits per heavy atom. The van der Waals surface area contributed by atoms with E-state index in [4.69, 9.17) is 0 Å². The molecule has 0 aromatic heterocycles. The van der Waals surface area contributed by atoms with Crippen molar-refractivity contribution in [2.45, 2.75) is 19.4 Å². The lowest BCUT2D eigenvalue weighted by Gasteiger charge is -2.25. The van der Waals surface area contributed by atoms with Gasteiger partial charge in [-0.15, -0.1) is 0 Å². The summed E-state index contributed by atoms with van der Waals surface area (Å²) in [4.78, 5) is 0. The first-order chi connectivity index (χ1) is 6.17. The van der Waals surface area contributed by atoms with Crippen molar-refractivity contribution >= 4 is 0 Å². The topological polar surface area (TPSA) is 40.5 Å². The van der Waals surface area contributed by atoms with Gasteiger partial charge in [-0.1, -0.05) is 31.2 Å². The SMILES string of the molecule is C[C@@]1(CO)Cc2ccccc2[C@@H]1O. The van der Waals surface area contributed by atoms with Gasteiger partial charge in [0.05, 0.1) is 12.7 Å². The summed E-state index contributed by atoms with van der Waals surface area (Å²) in [6.07, 6.45) is 0.245. The first kappa shape index (κ1) is 8.73. The molecule has 0 spiro atoms. The van der Waals surface area contributed by atoms with Crippen molar-refractivity contribution in [3.05, 3.63) is 35.4 Å². The van der Waals surface area contributed by atoms with Crippen molar-refractivity contribution < 1.29 is 10.2 Å². The van der Waals surface area contributed by atoms with E-state index in [-0.39, 0.29) is 12.0 Å². The van der Waals surface area contributed by atoms with Crippen molar-refractivity contribution in [1.82, 2.24) is 0 Å². The molecule has 0 saturated heterocycles. The lowest BCUT2D eigenvalue weighted by Crippen LogP contribution is -2.26. The minimum Gasteiger partial charge on any atom is -0.396 e. The second kappa shape index (κ2) is 2.82. The van der Waals surface area contributed by atoms with Crippen LogP contribution in [-0.2, 0) is 6.42 Å². The third-order valence-corrected chi connectivity index (χ3v) is 2.97. The number of aliphatic hydroxyl groups excluding tert-OH is 2. The maximum Gasteiger partial charge on any atom is 0.0871 e. The molecule has 2 nitrogen and oxygen atoms in total. The molecule has 1 aliphatic rings. The van der Waals surface area contributed by atoms with Crippen molar-refractivity contribution in [3.63, 3.8) is 0 Å². The molecule has 2 heteroatoms. The number of fused-ring (bicyclic) bond motifs is 1. The molecule has 2 N–H and O–H groups in total. The third kappa shape index (κ3) is 1.18. The summed E-state index contributed by atoms with van der Waals surface area (Å²) in [6.45, 7) is 1.94. The van der Waals surface area contributed by atoms with Gasteiger partial charge in [-0.05, 0) is 17.5 Å². The summed E-state index contributed by atoms with van der Waals surface area (Å²) in [5.41, 5.74) is 1.74. The van der Waals surface area contributed by atoms with E-state index in [2.05, 4.69) is 0 Å². The van der Waals surface area contributed by atoms with Crippen LogP contribution in [0.1, 0.15) is 24.2 Å². The van der Waals surface area contributed by atoms with E-state index >= 15 is 0 Å². The molecule has 70 valence electrons. The zero-order chi connectivity index (χ0) is 9.47. The van der Waals surface area contributed by atoms with E-state index in [0.29, 0.717) is 0 Å². The Kier molecular flexibility index (Phi) is 1.90. The van der Waals surface area contributed by atoms with Crippen LogP contribution in [0.25, 0.3) is 0 Å². The average Bonchev–Trinajstić information content (AvgIpc) is 2.41. The van der Waals surface area contributed by atoms with Crippen molar-refractivity contribution in [3.8, 4) is 0 Å². The molecule has 0 amide bonds. The number of aliphatic hydroxyl groups is 2. The van der Waals surface area contributed by atoms with Crippen LogP contribution in [0.15, 0.2) is 24.3 Å². The highest BCUT2D eigenvalue weighted by Crippen LogP contribution is 2.44. The highest BCUT2D eigenvalue weighted by molar-refractivity contribution is 5.36. The van der Waals surface area contributed by atoms with Crippen LogP contribution in [-0.4, -0.2) is 16.8 Å². The minimum atomic E-state index is -0.520. The van der Waals surface area contributed by atoms with E-state index < -0.39 is 6.10 Å². The summed E-state index contributed by atoms with van der Waals surface area (Å²) in [5, 5.41) is 19.1. The van der Waals surface area contributed by atoms with Crippen molar-refractivity contribution in [2.75, 3.05) is 6.61 Å². The Labute approximate surface area is 77.8 Å².